The van der Waals surface area contributed by atoms with Gasteiger partial charge in [-0.05, 0) is 30.2 Å². The fourth-order valence-electron chi connectivity index (χ4n) is 1.84. The standard InChI is InChI=1S/C12H13N3O3/c1-6-5-7(3-4-8(6)18-2)9-10(12(16)17)14-15-11(9)13/h3-5H,1-2H3,(H,16,17)(H3,13,14,15). The summed E-state index contributed by atoms with van der Waals surface area (Å²) in [7, 11) is 1.58. The van der Waals surface area contributed by atoms with Crippen LogP contribution in [0.4, 0.5) is 5.82 Å². The number of carbonyl (C=O) groups is 1. The Morgan fingerprint density at radius 3 is 2.78 bits per heavy atom. The van der Waals surface area contributed by atoms with Crippen molar-refractivity contribution in [1.29, 1.82) is 0 Å². The number of ether oxygens (including phenoxy) is 1. The first-order valence-corrected chi connectivity index (χ1v) is 5.26. The minimum absolute atomic E-state index is 0.0166. The first-order valence-electron chi connectivity index (χ1n) is 5.26. The average molecular weight is 247 g/mol. The molecule has 2 aromatic rings. The highest BCUT2D eigenvalue weighted by molar-refractivity contribution is 5.97. The van der Waals surface area contributed by atoms with E-state index < -0.39 is 5.97 Å². The maximum Gasteiger partial charge on any atom is 0.354 e. The van der Waals surface area contributed by atoms with E-state index in [-0.39, 0.29) is 11.5 Å². The Kier molecular flexibility index (Phi) is 2.93. The van der Waals surface area contributed by atoms with Gasteiger partial charge in [-0.1, -0.05) is 6.07 Å². The number of methoxy groups -OCH3 is 1. The molecule has 0 aliphatic heterocycles. The first kappa shape index (κ1) is 12.0. The number of carboxylic acids is 1. The molecule has 0 spiro atoms. The van der Waals surface area contributed by atoms with Gasteiger partial charge in [0, 0.05) is 0 Å². The van der Waals surface area contributed by atoms with Crippen molar-refractivity contribution >= 4 is 11.8 Å². The smallest absolute Gasteiger partial charge is 0.354 e. The Morgan fingerprint density at radius 2 is 2.22 bits per heavy atom. The van der Waals surface area contributed by atoms with Crippen LogP contribution in [-0.2, 0) is 0 Å². The number of nitrogens with one attached hydrogen (secondary N) is 1. The Hall–Kier alpha value is -2.50. The molecule has 1 aromatic carbocycles. The molecule has 2 rings (SSSR count). The zero-order valence-corrected chi connectivity index (χ0v) is 10.0. The molecule has 0 saturated heterocycles. The van der Waals surface area contributed by atoms with E-state index in [2.05, 4.69) is 10.2 Å². The fourth-order valence-corrected chi connectivity index (χ4v) is 1.84. The second-order valence-corrected chi connectivity index (χ2v) is 3.85. The van der Waals surface area contributed by atoms with Crippen LogP contribution in [0.5, 0.6) is 5.75 Å². The molecule has 1 aromatic heterocycles. The SMILES string of the molecule is COc1ccc(-c2c(N)n[nH]c2C(=O)O)cc1C. The third-order valence-corrected chi connectivity index (χ3v) is 2.69. The quantitative estimate of drug-likeness (QED) is 0.765. The van der Waals surface area contributed by atoms with Crippen LogP contribution in [0.1, 0.15) is 16.1 Å². The highest BCUT2D eigenvalue weighted by Crippen LogP contribution is 2.31. The number of rotatable bonds is 3. The van der Waals surface area contributed by atoms with Crippen molar-refractivity contribution in [2.45, 2.75) is 6.92 Å². The maximum atomic E-state index is 11.1. The van der Waals surface area contributed by atoms with Crippen molar-refractivity contribution in [3.63, 3.8) is 0 Å². The van der Waals surface area contributed by atoms with Gasteiger partial charge in [0.05, 0.1) is 12.7 Å². The zero-order valence-electron chi connectivity index (χ0n) is 10.0. The van der Waals surface area contributed by atoms with Gasteiger partial charge in [0.2, 0.25) is 0 Å². The topological polar surface area (TPSA) is 101 Å². The summed E-state index contributed by atoms with van der Waals surface area (Å²) < 4.78 is 5.15. The number of aryl methyl sites for hydroxylation is 1. The molecule has 0 atom stereocenters. The number of nitrogen functional groups attached to an aromatic ring is 1. The van der Waals surface area contributed by atoms with Gasteiger partial charge < -0.3 is 15.6 Å². The Labute approximate surface area is 103 Å². The van der Waals surface area contributed by atoms with Gasteiger partial charge in [0.1, 0.15) is 5.75 Å². The van der Waals surface area contributed by atoms with Crippen molar-refractivity contribution in [3.8, 4) is 16.9 Å². The molecule has 0 unspecified atom stereocenters. The maximum absolute atomic E-state index is 11.1. The van der Waals surface area contributed by atoms with Crippen LogP contribution in [0.3, 0.4) is 0 Å². The van der Waals surface area contributed by atoms with E-state index >= 15 is 0 Å². The molecule has 94 valence electrons. The zero-order chi connectivity index (χ0) is 13.3. The van der Waals surface area contributed by atoms with E-state index in [1.165, 1.54) is 0 Å². The molecule has 0 radical (unpaired) electrons. The second-order valence-electron chi connectivity index (χ2n) is 3.85. The van der Waals surface area contributed by atoms with Crippen LogP contribution < -0.4 is 10.5 Å². The van der Waals surface area contributed by atoms with Crippen LogP contribution in [0.25, 0.3) is 11.1 Å². The molecule has 0 aliphatic rings. The number of aromatic carboxylic acids is 1. The van der Waals surface area contributed by atoms with Crippen molar-refractivity contribution < 1.29 is 14.6 Å². The number of hydrogen-bond donors (Lipinski definition) is 3. The number of aromatic amines is 1. The number of H-pyrrole nitrogens is 1. The highest BCUT2D eigenvalue weighted by Gasteiger charge is 2.18. The fraction of sp³-hybridized carbons (Fsp3) is 0.167. The molecular weight excluding hydrogens is 234 g/mol. The summed E-state index contributed by atoms with van der Waals surface area (Å²) in [5, 5.41) is 15.2. The lowest BCUT2D eigenvalue weighted by Gasteiger charge is -2.07. The van der Waals surface area contributed by atoms with Crippen molar-refractivity contribution in [2.24, 2.45) is 0 Å². The summed E-state index contributed by atoms with van der Waals surface area (Å²) in [6, 6.07) is 5.33. The van der Waals surface area contributed by atoms with Gasteiger partial charge in [-0.3, -0.25) is 5.10 Å². The lowest BCUT2D eigenvalue weighted by molar-refractivity contribution is 0.0691. The second kappa shape index (κ2) is 4.40. The molecule has 0 amide bonds. The molecule has 1 heterocycles. The molecule has 4 N–H and O–H groups in total. The number of anilines is 1. The Balaban J connectivity index is 2.58. The predicted molar refractivity (Wildman–Crippen MR) is 66.7 cm³/mol. The van der Waals surface area contributed by atoms with E-state index in [4.69, 9.17) is 15.6 Å². The average Bonchev–Trinajstić information content (AvgIpc) is 2.71. The van der Waals surface area contributed by atoms with Crippen LogP contribution in [0.2, 0.25) is 0 Å². The third-order valence-electron chi connectivity index (χ3n) is 2.69. The van der Waals surface area contributed by atoms with Gasteiger partial charge in [-0.25, -0.2) is 4.79 Å². The van der Waals surface area contributed by atoms with Gasteiger partial charge in [-0.2, -0.15) is 5.10 Å². The molecule has 0 bridgehead atoms. The van der Waals surface area contributed by atoms with E-state index in [1.807, 2.05) is 13.0 Å². The number of hydrogen-bond acceptors (Lipinski definition) is 4. The van der Waals surface area contributed by atoms with Crippen molar-refractivity contribution in [3.05, 3.63) is 29.5 Å². The summed E-state index contributed by atoms with van der Waals surface area (Å²) in [6.45, 7) is 1.87. The number of nitrogens with zero attached hydrogens (tertiary/aromatic N) is 1. The number of carboxylic acid groups (broad SMARTS) is 1. The Bertz CT molecular complexity index is 605. The summed E-state index contributed by atoms with van der Waals surface area (Å²) in [6.07, 6.45) is 0. The minimum Gasteiger partial charge on any atom is -0.496 e. The van der Waals surface area contributed by atoms with Crippen LogP contribution >= 0.6 is 0 Å². The van der Waals surface area contributed by atoms with Gasteiger partial charge in [-0.15, -0.1) is 0 Å². The lowest BCUT2D eigenvalue weighted by Crippen LogP contribution is -2.00. The third kappa shape index (κ3) is 1.88. The normalized spacial score (nSPS) is 10.3. The largest absolute Gasteiger partial charge is 0.496 e. The van der Waals surface area contributed by atoms with Crippen molar-refractivity contribution in [2.75, 3.05) is 12.8 Å². The van der Waals surface area contributed by atoms with Gasteiger partial charge in [0.25, 0.3) is 0 Å². The van der Waals surface area contributed by atoms with Gasteiger partial charge in [0.15, 0.2) is 11.5 Å². The molecular formula is C12H13N3O3. The number of benzene rings is 1. The molecule has 18 heavy (non-hydrogen) atoms. The Morgan fingerprint density at radius 1 is 1.50 bits per heavy atom. The van der Waals surface area contributed by atoms with Crippen LogP contribution in [0.15, 0.2) is 18.2 Å². The highest BCUT2D eigenvalue weighted by atomic mass is 16.5. The molecule has 0 aliphatic carbocycles. The lowest BCUT2D eigenvalue weighted by atomic mass is 10.0. The summed E-state index contributed by atoms with van der Waals surface area (Å²) in [5.74, 6) is -0.197. The van der Waals surface area contributed by atoms with Crippen LogP contribution in [0, 0.1) is 6.92 Å². The predicted octanol–water partition coefficient (Wildman–Crippen LogP) is 1.67. The number of aromatic nitrogens is 2. The molecule has 6 nitrogen and oxygen atoms in total. The summed E-state index contributed by atoms with van der Waals surface area (Å²) >= 11 is 0. The van der Waals surface area contributed by atoms with E-state index in [0.717, 1.165) is 11.3 Å². The minimum atomic E-state index is -1.09. The molecule has 0 saturated carbocycles. The summed E-state index contributed by atoms with van der Waals surface area (Å²) in [5.41, 5.74) is 7.66. The van der Waals surface area contributed by atoms with E-state index in [0.29, 0.717) is 11.1 Å². The van der Waals surface area contributed by atoms with E-state index in [1.54, 1.807) is 19.2 Å². The molecule has 0 fully saturated rings. The van der Waals surface area contributed by atoms with Gasteiger partial charge >= 0.3 is 5.97 Å². The van der Waals surface area contributed by atoms with Crippen LogP contribution in [-0.4, -0.2) is 28.4 Å². The summed E-state index contributed by atoms with van der Waals surface area (Å²) in [4.78, 5) is 11.1. The molecule has 6 heteroatoms. The first-order chi connectivity index (χ1) is 8.54. The monoisotopic (exact) mass is 247 g/mol. The van der Waals surface area contributed by atoms with E-state index in [9.17, 15) is 4.79 Å². The number of nitrogens with two attached hydrogens (primary N) is 1. The van der Waals surface area contributed by atoms with Crippen molar-refractivity contribution in [1.82, 2.24) is 10.2 Å².